The molecule has 1 aromatic heterocycles. The minimum absolute atomic E-state index is 0.673. The van der Waals surface area contributed by atoms with E-state index in [1.807, 2.05) is 20.2 Å². The lowest BCUT2D eigenvalue weighted by molar-refractivity contribution is 0.679. The number of anilines is 4. The summed E-state index contributed by atoms with van der Waals surface area (Å²) in [6.07, 6.45) is 10.4. The Kier molecular flexibility index (Phi) is 5.88. The maximum absolute atomic E-state index is 4.55. The molecule has 0 atom stereocenters. The number of allylic oxidation sites excluding steroid dienone is 1. The highest BCUT2D eigenvalue weighted by Gasteiger charge is 2.04. The topological polar surface area (TPSA) is 53.1 Å². The van der Waals surface area contributed by atoms with Crippen molar-refractivity contribution in [3.05, 3.63) is 48.2 Å². The molecular formula is C20H27N5. The third-order valence-electron chi connectivity index (χ3n) is 4.43. The fourth-order valence-corrected chi connectivity index (χ4v) is 2.97. The van der Waals surface area contributed by atoms with E-state index in [4.69, 9.17) is 0 Å². The van der Waals surface area contributed by atoms with E-state index < -0.39 is 0 Å². The molecule has 0 saturated heterocycles. The average molecular weight is 337 g/mol. The molecule has 1 aliphatic rings. The van der Waals surface area contributed by atoms with Gasteiger partial charge in [-0.05, 0) is 62.4 Å². The molecule has 0 aliphatic heterocycles. The first-order valence-corrected chi connectivity index (χ1v) is 9.00. The minimum atomic E-state index is 0.673. The van der Waals surface area contributed by atoms with Gasteiger partial charge in [-0.3, -0.25) is 0 Å². The van der Waals surface area contributed by atoms with Crippen molar-refractivity contribution in [3.63, 3.8) is 0 Å². The van der Waals surface area contributed by atoms with Crippen molar-refractivity contribution in [2.24, 2.45) is 0 Å². The fraction of sp³-hybridized carbons (Fsp3) is 0.400. The van der Waals surface area contributed by atoms with Gasteiger partial charge in [-0.15, -0.1) is 0 Å². The smallest absolute Gasteiger partial charge is 0.224 e. The first-order valence-electron chi connectivity index (χ1n) is 9.00. The Balaban J connectivity index is 1.54. The van der Waals surface area contributed by atoms with Gasteiger partial charge < -0.3 is 15.5 Å². The van der Waals surface area contributed by atoms with E-state index in [2.05, 4.69) is 55.8 Å². The largest absolute Gasteiger partial charge is 0.378 e. The average Bonchev–Trinajstić information content (AvgIpc) is 2.63. The zero-order valence-electron chi connectivity index (χ0n) is 15.1. The van der Waals surface area contributed by atoms with Crippen molar-refractivity contribution in [2.45, 2.75) is 32.1 Å². The van der Waals surface area contributed by atoms with Crippen LogP contribution in [0.5, 0.6) is 0 Å². The summed E-state index contributed by atoms with van der Waals surface area (Å²) in [5.74, 6) is 1.47. The SMILES string of the molecule is CN(C)c1ccc(Nc2ccnc(NCCC3=CCCCC3)n2)cc1. The van der Waals surface area contributed by atoms with Gasteiger partial charge in [0.25, 0.3) is 0 Å². The molecule has 0 saturated carbocycles. The number of nitrogens with zero attached hydrogens (tertiary/aromatic N) is 3. The summed E-state index contributed by atoms with van der Waals surface area (Å²) < 4.78 is 0. The van der Waals surface area contributed by atoms with E-state index >= 15 is 0 Å². The van der Waals surface area contributed by atoms with Crippen LogP contribution < -0.4 is 15.5 Å². The summed E-state index contributed by atoms with van der Waals surface area (Å²) in [6, 6.07) is 10.2. The Morgan fingerprint density at radius 2 is 1.92 bits per heavy atom. The van der Waals surface area contributed by atoms with Gasteiger partial charge in [0.1, 0.15) is 5.82 Å². The molecule has 1 aliphatic carbocycles. The monoisotopic (exact) mass is 337 g/mol. The maximum Gasteiger partial charge on any atom is 0.224 e. The van der Waals surface area contributed by atoms with Gasteiger partial charge in [-0.25, -0.2) is 4.98 Å². The first kappa shape index (κ1) is 17.3. The van der Waals surface area contributed by atoms with E-state index in [0.717, 1.165) is 24.5 Å². The Labute approximate surface area is 150 Å². The van der Waals surface area contributed by atoms with Gasteiger partial charge in [0.2, 0.25) is 5.95 Å². The van der Waals surface area contributed by atoms with Crippen LogP contribution in [0.2, 0.25) is 0 Å². The highest BCUT2D eigenvalue weighted by Crippen LogP contribution is 2.21. The van der Waals surface area contributed by atoms with Crippen LogP contribution in [0, 0.1) is 0 Å². The highest BCUT2D eigenvalue weighted by molar-refractivity contribution is 5.60. The molecule has 25 heavy (non-hydrogen) atoms. The summed E-state index contributed by atoms with van der Waals surface area (Å²) in [6.45, 7) is 0.882. The number of hydrogen-bond donors (Lipinski definition) is 2. The molecule has 0 amide bonds. The summed E-state index contributed by atoms with van der Waals surface area (Å²) in [5, 5.41) is 6.66. The molecule has 3 rings (SSSR count). The summed E-state index contributed by atoms with van der Waals surface area (Å²) in [5.41, 5.74) is 3.75. The molecular weight excluding hydrogens is 310 g/mol. The lowest BCUT2D eigenvalue weighted by Gasteiger charge is -2.14. The molecule has 5 heteroatoms. The van der Waals surface area contributed by atoms with Crippen molar-refractivity contribution in [2.75, 3.05) is 36.2 Å². The second kappa shape index (κ2) is 8.51. The quantitative estimate of drug-likeness (QED) is 0.724. The molecule has 1 aromatic carbocycles. The van der Waals surface area contributed by atoms with Crippen LogP contribution in [0.15, 0.2) is 48.2 Å². The molecule has 5 nitrogen and oxygen atoms in total. The van der Waals surface area contributed by atoms with E-state index in [1.165, 1.54) is 31.4 Å². The summed E-state index contributed by atoms with van der Waals surface area (Å²) in [4.78, 5) is 10.9. The molecule has 1 heterocycles. The van der Waals surface area contributed by atoms with Gasteiger partial charge in [0.05, 0.1) is 0 Å². The van der Waals surface area contributed by atoms with E-state index in [0.29, 0.717) is 5.95 Å². The standard InChI is InChI=1S/C20H27N5/c1-25(2)18-10-8-17(9-11-18)23-19-13-15-22-20(24-19)21-14-12-16-6-4-3-5-7-16/h6,8-11,13,15H,3-5,7,12,14H2,1-2H3,(H2,21,22,23,24). The molecule has 132 valence electrons. The predicted molar refractivity (Wildman–Crippen MR) is 106 cm³/mol. The summed E-state index contributed by atoms with van der Waals surface area (Å²) in [7, 11) is 4.07. The van der Waals surface area contributed by atoms with Crippen LogP contribution in [0.1, 0.15) is 32.1 Å². The zero-order valence-corrected chi connectivity index (χ0v) is 15.1. The van der Waals surface area contributed by atoms with Crippen molar-refractivity contribution in [1.29, 1.82) is 0 Å². The van der Waals surface area contributed by atoms with Crippen LogP contribution in [-0.4, -0.2) is 30.6 Å². The molecule has 2 N–H and O–H groups in total. The molecule has 0 bridgehead atoms. The fourth-order valence-electron chi connectivity index (χ4n) is 2.97. The van der Waals surface area contributed by atoms with Gasteiger partial charge in [0.15, 0.2) is 0 Å². The third-order valence-corrected chi connectivity index (χ3v) is 4.43. The van der Waals surface area contributed by atoms with Gasteiger partial charge >= 0.3 is 0 Å². The Morgan fingerprint density at radius 1 is 1.08 bits per heavy atom. The Bertz CT molecular complexity index is 706. The molecule has 0 radical (unpaired) electrons. The maximum atomic E-state index is 4.55. The Hall–Kier alpha value is -2.56. The van der Waals surface area contributed by atoms with Gasteiger partial charge in [0, 0.05) is 38.2 Å². The van der Waals surface area contributed by atoms with E-state index in [-0.39, 0.29) is 0 Å². The van der Waals surface area contributed by atoms with Crippen molar-refractivity contribution < 1.29 is 0 Å². The van der Waals surface area contributed by atoms with E-state index in [9.17, 15) is 0 Å². The van der Waals surface area contributed by atoms with Crippen molar-refractivity contribution >= 4 is 23.1 Å². The van der Waals surface area contributed by atoms with Crippen molar-refractivity contribution in [3.8, 4) is 0 Å². The summed E-state index contributed by atoms with van der Waals surface area (Å²) >= 11 is 0. The lowest BCUT2D eigenvalue weighted by atomic mass is 9.97. The van der Waals surface area contributed by atoms with Gasteiger partial charge in [-0.2, -0.15) is 4.98 Å². The number of hydrogen-bond acceptors (Lipinski definition) is 5. The number of nitrogens with one attached hydrogen (secondary N) is 2. The molecule has 2 aromatic rings. The van der Waals surface area contributed by atoms with Crippen LogP contribution in [0.25, 0.3) is 0 Å². The second-order valence-electron chi connectivity index (χ2n) is 6.62. The van der Waals surface area contributed by atoms with Crippen molar-refractivity contribution in [1.82, 2.24) is 9.97 Å². The second-order valence-corrected chi connectivity index (χ2v) is 6.62. The van der Waals surface area contributed by atoms with E-state index in [1.54, 1.807) is 11.8 Å². The number of rotatable bonds is 7. The molecule has 0 spiro atoms. The zero-order chi connectivity index (χ0) is 17.5. The molecule has 0 unspecified atom stereocenters. The third kappa shape index (κ3) is 5.21. The molecule has 0 fully saturated rings. The highest BCUT2D eigenvalue weighted by atomic mass is 15.1. The number of benzene rings is 1. The Morgan fingerprint density at radius 3 is 2.64 bits per heavy atom. The van der Waals surface area contributed by atoms with Crippen LogP contribution >= 0.6 is 0 Å². The normalized spacial score (nSPS) is 13.9. The van der Waals surface area contributed by atoms with Gasteiger partial charge in [-0.1, -0.05) is 11.6 Å². The number of aromatic nitrogens is 2. The van der Waals surface area contributed by atoms with Crippen LogP contribution in [0.4, 0.5) is 23.1 Å². The first-order chi connectivity index (χ1) is 12.2. The van der Waals surface area contributed by atoms with Crippen LogP contribution in [-0.2, 0) is 0 Å². The lowest BCUT2D eigenvalue weighted by Crippen LogP contribution is -2.09. The minimum Gasteiger partial charge on any atom is -0.378 e. The predicted octanol–water partition coefficient (Wildman–Crippen LogP) is 4.59. The van der Waals surface area contributed by atoms with Crippen LogP contribution in [0.3, 0.4) is 0 Å².